The van der Waals surface area contributed by atoms with Crippen LogP contribution >= 0.6 is 0 Å². The van der Waals surface area contributed by atoms with E-state index >= 15 is 0 Å². The number of benzene rings is 1. The van der Waals surface area contributed by atoms with E-state index in [2.05, 4.69) is 0 Å². The average Bonchev–Trinajstić information content (AvgIpc) is 2.56. The Morgan fingerprint density at radius 2 is 2.07 bits per heavy atom. The van der Waals surface area contributed by atoms with Crippen molar-refractivity contribution in [1.82, 2.24) is 0 Å². The van der Waals surface area contributed by atoms with Crippen molar-refractivity contribution in [2.24, 2.45) is 11.7 Å². The molecule has 0 amide bonds. The summed E-state index contributed by atoms with van der Waals surface area (Å²) in [5.41, 5.74) is 6.77. The predicted molar refractivity (Wildman–Crippen MR) is 55.4 cm³/mol. The van der Waals surface area contributed by atoms with Crippen LogP contribution in [-0.4, -0.2) is 6.04 Å². The van der Waals surface area contributed by atoms with Gasteiger partial charge in [0.1, 0.15) is 5.82 Å². The van der Waals surface area contributed by atoms with Crippen molar-refractivity contribution >= 4 is 0 Å². The quantitative estimate of drug-likeness (QED) is 0.767. The molecule has 0 heterocycles. The summed E-state index contributed by atoms with van der Waals surface area (Å²) in [4.78, 5) is 0. The monoisotopic (exact) mass is 193 g/mol. The minimum atomic E-state index is -0.0911. The van der Waals surface area contributed by atoms with Gasteiger partial charge in [0.2, 0.25) is 0 Å². The van der Waals surface area contributed by atoms with E-state index in [0.29, 0.717) is 5.92 Å². The molecule has 2 heteroatoms. The molecule has 0 saturated heterocycles. The fourth-order valence-electron chi connectivity index (χ4n) is 2.27. The van der Waals surface area contributed by atoms with Gasteiger partial charge >= 0.3 is 0 Å². The van der Waals surface area contributed by atoms with Gasteiger partial charge in [-0.15, -0.1) is 0 Å². The Bertz CT molecular complexity index is 311. The van der Waals surface area contributed by atoms with Crippen LogP contribution in [0.15, 0.2) is 24.3 Å². The maximum atomic E-state index is 13.3. The zero-order valence-corrected chi connectivity index (χ0v) is 8.25. The number of hydrogen-bond donors (Lipinski definition) is 1. The smallest absolute Gasteiger partial charge is 0.126 e. The zero-order valence-electron chi connectivity index (χ0n) is 8.25. The van der Waals surface area contributed by atoms with Crippen LogP contribution in [0.3, 0.4) is 0 Å². The first-order valence-corrected chi connectivity index (χ1v) is 5.26. The summed E-state index contributed by atoms with van der Waals surface area (Å²) in [6.07, 6.45) is 4.24. The lowest BCUT2D eigenvalue weighted by Crippen LogP contribution is -2.26. The normalized spacial score (nSPS) is 26.7. The summed E-state index contributed by atoms with van der Waals surface area (Å²) < 4.78 is 13.3. The summed E-state index contributed by atoms with van der Waals surface area (Å²) >= 11 is 0. The second-order valence-corrected chi connectivity index (χ2v) is 4.15. The molecule has 1 nitrogen and oxygen atoms in total. The fraction of sp³-hybridized carbons (Fsp3) is 0.500. The van der Waals surface area contributed by atoms with E-state index in [1.807, 2.05) is 12.1 Å². The van der Waals surface area contributed by atoms with Crippen LogP contribution in [0.5, 0.6) is 0 Å². The van der Waals surface area contributed by atoms with Crippen LogP contribution in [0.25, 0.3) is 0 Å². The van der Waals surface area contributed by atoms with Crippen molar-refractivity contribution < 1.29 is 4.39 Å². The maximum absolute atomic E-state index is 13.3. The molecule has 0 aliphatic heterocycles. The van der Waals surface area contributed by atoms with Crippen LogP contribution in [0.1, 0.15) is 24.8 Å². The molecule has 0 bridgehead atoms. The Labute approximate surface area is 84.1 Å². The molecular weight excluding hydrogens is 177 g/mol. The third-order valence-corrected chi connectivity index (χ3v) is 3.16. The van der Waals surface area contributed by atoms with Gasteiger partial charge in [0.15, 0.2) is 0 Å². The lowest BCUT2D eigenvalue weighted by molar-refractivity contribution is 0.467. The Balaban J connectivity index is 2.07. The second-order valence-electron chi connectivity index (χ2n) is 4.15. The maximum Gasteiger partial charge on any atom is 0.126 e. The molecule has 2 N–H and O–H groups in total. The van der Waals surface area contributed by atoms with Crippen LogP contribution in [0, 0.1) is 11.7 Å². The standard InChI is InChI=1S/C12H16FN/c13-11-6-2-1-4-9(11)8-10-5-3-7-12(10)14/h1-2,4,6,10,12H,3,5,7-8,14H2. The van der Waals surface area contributed by atoms with Crippen LogP contribution in [0.4, 0.5) is 4.39 Å². The molecule has 0 radical (unpaired) electrons. The van der Waals surface area contributed by atoms with Gasteiger partial charge < -0.3 is 5.73 Å². The number of nitrogens with two attached hydrogens (primary N) is 1. The van der Waals surface area contributed by atoms with E-state index in [4.69, 9.17) is 5.73 Å². The minimum absolute atomic E-state index is 0.0911. The lowest BCUT2D eigenvalue weighted by Gasteiger charge is -2.15. The van der Waals surface area contributed by atoms with E-state index in [1.165, 1.54) is 12.5 Å². The Kier molecular flexibility index (Phi) is 2.82. The highest BCUT2D eigenvalue weighted by Gasteiger charge is 2.24. The third kappa shape index (κ3) is 1.95. The number of halogens is 1. The molecule has 2 unspecified atom stereocenters. The topological polar surface area (TPSA) is 26.0 Å². The van der Waals surface area contributed by atoms with Gasteiger partial charge in [0, 0.05) is 6.04 Å². The van der Waals surface area contributed by atoms with Crippen molar-refractivity contribution in [3.63, 3.8) is 0 Å². The second kappa shape index (κ2) is 4.09. The van der Waals surface area contributed by atoms with Crippen molar-refractivity contribution in [2.45, 2.75) is 31.7 Å². The van der Waals surface area contributed by atoms with Crippen molar-refractivity contribution in [2.75, 3.05) is 0 Å². The molecule has 0 spiro atoms. The van der Waals surface area contributed by atoms with E-state index in [-0.39, 0.29) is 11.9 Å². The predicted octanol–water partition coefficient (Wildman–Crippen LogP) is 2.50. The Morgan fingerprint density at radius 1 is 1.29 bits per heavy atom. The Morgan fingerprint density at radius 3 is 2.71 bits per heavy atom. The van der Waals surface area contributed by atoms with Gasteiger partial charge in [-0.25, -0.2) is 4.39 Å². The molecule has 1 aromatic rings. The molecule has 0 aromatic heterocycles. The van der Waals surface area contributed by atoms with Gasteiger partial charge in [0.05, 0.1) is 0 Å². The first-order chi connectivity index (χ1) is 6.77. The number of hydrogen-bond acceptors (Lipinski definition) is 1. The number of rotatable bonds is 2. The molecule has 1 aliphatic rings. The molecule has 14 heavy (non-hydrogen) atoms. The Hall–Kier alpha value is -0.890. The molecule has 1 saturated carbocycles. The van der Waals surface area contributed by atoms with Crippen molar-refractivity contribution in [1.29, 1.82) is 0 Å². The van der Waals surface area contributed by atoms with Gasteiger partial charge in [0.25, 0.3) is 0 Å². The van der Waals surface area contributed by atoms with E-state index in [0.717, 1.165) is 24.8 Å². The van der Waals surface area contributed by atoms with Crippen molar-refractivity contribution in [3.8, 4) is 0 Å². The van der Waals surface area contributed by atoms with E-state index in [9.17, 15) is 4.39 Å². The highest BCUT2D eigenvalue weighted by molar-refractivity contribution is 5.18. The van der Waals surface area contributed by atoms with Gasteiger partial charge in [-0.3, -0.25) is 0 Å². The lowest BCUT2D eigenvalue weighted by atomic mass is 9.95. The van der Waals surface area contributed by atoms with Crippen LogP contribution in [-0.2, 0) is 6.42 Å². The summed E-state index contributed by atoms with van der Waals surface area (Å²) in [6, 6.07) is 7.28. The molecule has 1 aromatic carbocycles. The van der Waals surface area contributed by atoms with Crippen molar-refractivity contribution in [3.05, 3.63) is 35.6 Å². The van der Waals surface area contributed by atoms with Gasteiger partial charge in [-0.05, 0) is 36.8 Å². The van der Waals surface area contributed by atoms with Gasteiger partial charge in [-0.2, -0.15) is 0 Å². The molecule has 76 valence electrons. The third-order valence-electron chi connectivity index (χ3n) is 3.16. The molecule has 2 atom stereocenters. The zero-order chi connectivity index (χ0) is 9.97. The first-order valence-electron chi connectivity index (χ1n) is 5.26. The highest BCUT2D eigenvalue weighted by atomic mass is 19.1. The van der Waals surface area contributed by atoms with E-state index in [1.54, 1.807) is 6.07 Å². The summed E-state index contributed by atoms with van der Waals surface area (Å²) in [5.74, 6) is 0.387. The SMILES string of the molecule is NC1CCCC1Cc1ccccc1F. The molecular formula is C12H16FN. The largest absolute Gasteiger partial charge is 0.327 e. The van der Waals surface area contributed by atoms with Gasteiger partial charge in [-0.1, -0.05) is 24.6 Å². The fourth-order valence-corrected chi connectivity index (χ4v) is 2.27. The first kappa shape index (κ1) is 9.66. The summed E-state index contributed by atoms with van der Waals surface area (Å²) in [7, 11) is 0. The van der Waals surface area contributed by atoms with E-state index < -0.39 is 0 Å². The van der Waals surface area contributed by atoms with Crippen LogP contribution < -0.4 is 5.73 Å². The molecule has 2 rings (SSSR count). The minimum Gasteiger partial charge on any atom is -0.327 e. The molecule has 1 aliphatic carbocycles. The van der Waals surface area contributed by atoms with Crippen LogP contribution in [0.2, 0.25) is 0 Å². The average molecular weight is 193 g/mol. The molecule has 1 fully saturated rings. The summed E-state index contributed by atoms with van der Waals surface area (Å²) in [5, 5.41) is 0. The highest BCUT2D eigenvalue weighted by Crippen LogP contribution is 2.27. The summed E-state index contributed by atoms with van der Waals surface area (Å²) in [6.45, 7) is 0.